The molecule has 0 fully saturated rings. The number of hydrogen-bond acceptors (Lipinski definition) is 0. The summed E-state index contributed by atoms with van der Waals surface area (Å²) in [5.74, 6) is 0. The van der Waals surface area contributed by atoms with Gasteiger partial charge < -0.3 is 0 Å². The SMILES string of the molecule is CC(C)[N+](C)(C)c1ccccc1. The summed E-state index contributed by atoms with van der Waals surface area (Å²) in [5.41, 5.74) is 1.37. The fourth-order valence-electron chi connectivity index (χ4n) is 1.11. The van der Waals surface area contributed by atoms with Gasteiger partial charge in [-0.05, 0) is 26.0 Å². The van der Waals surface area contributed by atoms with E-state index in [0.717, 1.165) is 4.48 Å². The van der Waals surface area contributed by atoms with E-state index in [0.29, 0.717) is 6.04 Å². The predicted octanol–water partition coefficient (Wildman–Crippen LogP) is 2.66. The van der Waals surface area contributed by atoms with Gasteiger partial charge >= 0.3 is 0 Å². The van der Waals surface area contributed by atoms with Crippen LogP contribution in [-0.4, -0.2) is 20.1 Å². The van der Waals surface area contributed by atoms with Crippen LogP contribution >= 0.6 is 0 Å². The summed E-state index contributed by atoms with van der Waals surface area (Å²) in [6.07, 6.45) is 0. The van der Waals surface area contributed by atoms with E-state index in [1.165, 1.54) is 5.69 Å². The molecule has 0 amide bonds. The first-order valence-electron chi connectivity index (χ1n) is 4.44. The molecule has 0 atom stereocenters. The predicted molar refractivity (Wildman–Crippen MR) is 55.2 cm³/mol. The fraction of sp³-hybridized carbons (Fsp3) is 0.455. The monoisotopic (exact) mass is 164 g/mol. The molecular weight excluding hydrogens is 146 g/mol. The zero-order chi connectivity index (χ0) is 9.19. The Bertz CT molecular complexity index is 236. The highest BCUT2D eigenvalue weighted by Gasteiger charge is 2.21. The molecule has 0 saturated carbocycles. The molecule has 0 saturated heterocycles. The van der Waals surface area contributed by atoms with Crippen LogP contribution in [0.5, 0.6) is 0 Å². The molecule has 0 unspecified atom stereocenters. The second kappa shape index (κ2) is 3.28. The first kappa shape index (κ1) is 9.27. The summed E-state index contributed by atoms with van der Waals surface area (Å²) in [6, 6.07) is 11.2. The lowest BCUT2D eigenvalue weighted by Gasteiger charge is -2.33. The lowest BCUT2D eigenvalue weighted by molar-refractivity contribution is 0.329. The van der Waals surface area contributed by atoms with Crippen molar-refractivity contribution in [3.05, 3.63) is 30.3 Å². The van der Waals surface area contributed by atoms with Crippen LogP contribution in [0.25, 0.3) is 0 Å². The standard InChI is InChI=1S/C11H18N/c1-10(2)12(3,4)11-8-6-5-7-9-11/h5-10H,1-4H3/q+1. The highest BCUT2D eigenvalue weighted by Crippen LogP contribution is 2.20. The Morgan fingerprint density at radius 2 is 1.50 bits per heavy atom. The van der Waals surface area contributed by atoms with Gasteiger partial charge in [0.2, 0.25) is 0 Å². The van der Waals surface area contributed by atoms with Crippen molar-refractivity contribution in [1.29, 1.82) is 0 Å². The normalized spacial score (nSPS) is 12.1. The molecular formula is C11H18N+. The quantitative estimate of drug-likeness (QED) is 0.589. The minimum absolute atomic E-state index is 0.618. The van der Waals surface area contributed by atoms with Crippen LogP contribution in [0, 0.1) is 0 Å². The van der Waals surface area contributed by atoms with Crippen molar-refractivity contribution in [1.82, 2.24) is 4.48 Å². The average Bonchev–Trinajstić information content (AvgIpc) is 2.06. The topological polar surface area (TPSA) is 0 Å². The lowest BCUT2D eigenvalue weighted by atomic mass is 10.2. The molecule has 1 aromatic carbocycles. The van der Waals surface area contributed by atoms with E-state index in [1.807, 2.05) is 0 Å². The van der Waals surface area contributed by atoms with Crippen molar-refractivity contribution in [2.75, 3.05) is 14.1 Å². The maximum absolute atomic E-state index is 2.24. The van der Waals surface area contributed by atoms with Crippen LogP contribution in [0.1, 0.15) is 13.8 Å². The minimum Gasteiger partial charge on any atom is -0.294 e. The van der Waals surface area contributed by atoms with Crippen molar-refractivity contribution >= 4 is 5.69 Å². The van der Waals surface area contributed by atoms with E-state index in [-0.39, 0.29) is 0 Å². The molecule has 0 aliphatic rings. The molecule has 0 N–H and O–H groups in total. The maximum atomic E-state index is 2.24. The highest BCUT2D eigenvalue weighted by atomic mass is 15.3. The largest absolute Gasteiger partial charge is 0.294 e. The fourth-order valence-corrected chi connectivity index (χ4v) is 1.11. The molecule has 0 aromatic heterocycles. The summed E-state index contributed by atoms with van der Waals surface area (Å²) in [4.78, 5) is 0. The van der Waals surface area contributed by atoms with Crippen molar-refractivity contribution in [2.24, 2.45) is 0 Å². The average molecular weight is 164 g/mol. The summed E-state index contributed by atoms with van der Waals surface area (Å²) in [6.45, 7) is 4.49. The first-order chi connectivity index (χ1) is 5.55. The lowest BCUT2D eigenvalue weighted by Crippen LogP contribution is -2.46. The third kappa shape index (κ3) is 1.67. The summed E-state index contributed by atoms with van der Waals surface area (Å²) < 4.78 is 0.945. The number of quaternary nitrogens is 1. The van der Waals surface area contributed by atoms with Crippen LogP contribution in [0.15, 0.2) is 30.3 Å². The van der Waals surface area contributed by atoms with E-state index in [1.54, 1.807) is 0 Å². The molecule has 12 heavy (non-hydrogen) atoms. The van der Waals surface area contributed by atoms with Crippen LogP contribution in [-0.2, 0) is 0 Å². The number of rotatable bonds is 2. The second-order valence-corrected chi connectivity index (χ2v) is 3.97. The molecule has 0 bridgehead atoms. The van der Waals surface area contributed by atoms with Gasteiger partial charge in [-0.1, -0.05) is 18.2 Å². The minimum atomic E-state index is 0.618. The molecule has 66 valence electrons. The highest BCUT2D eigenvalue weighted by molar-refractivity contribution is 5.41. The molecule has 1 rings (SSSR count). The maximum Gasteiger partial charge on any atom is 0.132 e. The Balaban J connectivity index is 2.98. The van der Waals surface area contributed by atoms with Gasteiger partial charge in [0.25, 0.3) is 0 Å². The van der Waals surface area contributed by atoms with Crippen LogP contribution < -0.4 is 4.48 Å². The van der Waals surface area contributed by atoms with Gasteiger partial charge in [0.05, 0.1) is 20.1 Å². The summed E-state index contributed by atoms with van der Waals surface area (Å²) in [5, 5.41) is 0. The molecule has 0 radical (unpaired) electrons. The summed E-state index contributed by atoms with van der Waals surface area (Å²) >= 11 is 0. The Morgan fingerprint density at radius 3 is 1.92 bits per heavy atom. The Labute approximate surface area is 75.2 Å². The zero-order valence-electron chi connectivity index (χ0n) is 8.41. The molecule has 0 spiro atoms. The van der Waals surface area contributed by atoms with Gasteiger partial charge in [-0.25, -0.2) is 0 Å². The molecule has 1 aromatic rings. The van der Waals surface area contributed by atoms with Crippen molar-refractivity contribution in [3.63, 3.8) is 0 Å². The van der Waals surface area contributed by atoms with E-state index < -0.39 is 0 Å². The first-order valence-corrected chi connectivity index (χ1v) is 4.44. The second-order valence-electron chi connectivity index (χ2n) is 3.97. The van der Waals surface area contributed by atoms with Crippen molar-refractivity contribution < 1.29 is 0 Å². The molecule has 1 heteroatoms. The molecule has 1 nitrogen and oxygen atoms in total. The molecule has 0 aliphatic carbocycles. The van der Waals surface area contributed by atoms with Gasteiger partial charge in [0.1, 0.15) is 5.69 Å². The van der Waals surface area contributed by atoms with Crippen LogP contribution in [0.2, 0.25) is 0 Å². The third-order valence-corrected chi connectivity index (χ3v) is 2.71. The van der Waals surface area contributed by atoms with Gasteiger partial charge in [-0.15, -0.1) is 0 Å². The third-order valence-electron chi connectivity index (χ3n) is 2.71. The smallest absolute Gasteiger partial charge is 0.132 e. The zero-order valence-corrected chi connectivity index (χ0v) is 8.41. The Hall–Kier alpha value is -0.820. The van der Waals surface area contributed by atoms with Gasteiger partial charge in [-0.3, -0.25) is 4.48 Å². The van der Waals surface area contributed by atoms with Gasteiger partial charge in [0, 0.05) is 0 Å². The van der Waals surface area contributed by atoms with Gasteiger partial charge in [-0.2, -0.15) is 0 Å². The number of hydrogen-bond donors (Lipinski definition) is 0. The number of benzene rings is 1. The number of nitrogens with zero attached hydrogens (tertiary/aromatic N) is 1. The van der Waals surface area contributed by atoms with E-state index in [4.69, 9.17) is 0 Å². The number of para-hydroxylation sites is 1. The molecule has 0 aliphatic heterocycles. The Morgan fingerprint density at radius 1 is 1.00 bits per heavy atom. The van der Waals surface area contributed by atoms with E-state index >= 15 is 0 Å². The van der Waals surface area contributed by atoms with Crippen molar-refractivity contribution in [2.45, 2.75) is 19.9 Å². The van der Waals surface area contributed by atoms with Crippen LogP contribution in [0.4, 0.5) is 5.69 Å². The van der Waals surface area contributed by atoms with E-state index in [2.05, 4.69) is 58.3 Å². The van der Waals surface area contributed by atoms with Crippen LogP contribution in [0.3, 0.4) is 0 Å². The molecule has 0 heterocycles. The summed E-state index contributed by atoms with van der Waals surface area (Å²) in [7, 11) is 4.47. The Kier molecular flexibility index (Phi) is 2.53. The van der Waals surface area contributed by atoms with E-state index in [9.17, 15) is 0 Å². The van der Waals surface area contributed by atoms with Crippen molar-refractivity contribution in [3.8, 4) is 0 Å². The van der Waals surface area contributed by atoms with Gasteiger partial charge in [0.15, 0.2) is 0 Å².